The van der Waals surface area contributed by atoms with Crippen molar-refractivity contribution in [2.24, 2.45) is 5.92 Å². The van der Waals surface area contributed by atoms with Gasteiger partial charge >= 0.3 is 0 Å². The predicted octanol–water partition coefficient (Wildman–Crippen LogP) is 4.69. The van der Waals surface area contributed by atoms with Crippen molar-refractivity contribution in [1.82, 2.24) is 14.8 Å². The van der Waals surface area contributed by atoms with Gasteiger partial charge in [-0.2, -0.15) is 0 Å². The second kappa shape index (κ2) is 8.68. The van der Waals surface area contributed by atoms with Gasteiger partial charge in [0.05, 0.1) is 6.04 Å². The monoisotopic (exact) mass is 424 g/mol. The van der Waals surface area contributed by atoms with Crippen molar-refractivity contribution < 1.29 is 0 Å². The zero-order valence-electron chi connectivity index (χ0n) is 18.7. The molecular weight excluding hydrogens is 392 g/mol. The van der Waals surface area contributed by atoms with Gasteiger partial charge in [0, 0.05) is 45.5 Å². The first-order chi connectivity index (χ1) is 15.9. The number of likely N-dealkylation sites (tertiary alicyclic amines) is 1. The number of piperazine rings is 1. The van der Waals surface area contributed by atoms with Crippen LogP contribution in [0.1, 0.15) is 30.0 Å². The number of pyridine rings is 1. The van der Waals surface area contributed by atoms with E-state index in [0.29, 0.717) is 6.04 Å². The smallest absolute Gasteiger partial charge is 0.128 e. The molecular formula is C28H32N4. The molecule has 1 atom stereocenters. The lowest BCUT2D eigenvalue weighted by Gasteiger charge is -2.41. The first-order valence-electron chi connectivity index (χ1n) is 12.2. The molecule has 2 aliphatic heterocycles. The molecule has 164 valence electrons. The van der Waals surface area contributed by atoms with Crippen molar-refractivity contribution in [3.05, 3.63) is 84.1 Å². The van der Waals surface area contributed by atoms with Crippen LogP contribution in [0.15, 0.2) is 72.9 Å². The van der Waals surface area contributed by atoms with Crippen LogP contribution in [0.2, 0.25) is 0 Å². The highest BCUT2D eigenvalue weighted by molar-refractivity contribution is 5.78. The number of hydrogen-bond acceptors (Lipinski definition) is 4. The second-order valence-electron chi connectivity index (χ2n) is 9.56. The zero-order valence-corrected chi connectivity index (χ0v) is 18.7. The Morgan fingerprint density at radius 1 is 0.750 bits per heavy atom. The van der Waals surface area contributed by atoms with Crippen LogP contribution in [0.4, 0.5) is 5.82 Å². The Balaban J connectivity index is 1.13. The van der Waals surface area contributed by atoms with Gasteiger partial charge in [0.15, 0.2) is 0 Å². The third-order valence-electron chi connectivity index (χ3n) is 7.58. The van der Waals surface area contributed by atoms with E-state index in [9.17, 15) is 0 Å². The Morgan fingerprint density at radius 2 is 1.44 bits per heavy atom. The number of anilines is 1. The van der Waals surface area contributed by atoms with Gasteiger partial charge in [-0.15, -0.1) is 0 Å². The molecule has 1 unspecified atom stereocenters. The van der Waals surface area contributed by atoms with Crippen molar-refractivity contribution in [1.29, 1.82) is 0 Å². The summed E-state index contributed by atoms with van der Waals surface area (Å²) in [4.78, 5) is 12.4. The lowest BCUT2D eigenvalue weighted by molar-refractivity contribution is 0.110. The Bertz CT molecular complexity index is 1010. The summed E-state index contributed by atoms with van der Waals surface area (Å²) in [5.41, 5.74) is 5.86. The molecule has 3 aromatic rings. The predicted molar refractivity (Wildman–Crippen MR) is 131 cm³/mol. The summed E-state index contributed by atoms with van der Waals surface area (Å²) in [5.74, 6) is 1.87. The SMILES string of the molecule is c1ccc(N2CCN(CC3CCCN(C4c5ccccc5-c5ccccc54)C3)CC2)nc1. The molecule has 0 amide bonds. The minimum atomic E-state index is 0.422. The van der Waals surface area contributed by atoms with Crippen LogP contribution in [-0.2, 0) is 0 Å². The zero-order chi connectivity index (χ0) is 21.3. The third-order valence-corrected chi connectivity index (χ3v) is 7.58. The summed E-state index contributed by atoms with van der Waals surface area (Å²) >= 11 is 0. The number of benzene rings is 2. The second-order valence-corrected chi connectivity index (χ2v) is 9.56. The highest BCUT2D eigenvalue weighted by Gasteiger charge is 2.35. The van der Waals surface area contributed by atoms with Crippen molar-refractivity contribution in [2.45, 2.75) is 18.9 Å². The van der Waals surface area contributed by atoms with Gasteiger partial charge in [-0.1, -0.05) is 54.6 Å². The molecule has 2 aromatic carbocycles. The average molecular weight is 425 g/mol. The number of piperidine rings is 1. The van der Waals surface area contributed by atoms with Crippen molar-refractivity contribution in [3.8, 4) is 11.1 Å². The molecule has 4 heteroatoms. The minimum absolute atomic E-state index is 0.422. The van der Waals surface area contributed by atoms with E-state index >= 15 is 0 Å². The standard InChI is InChI=1S/C28H32N4/c1-3-11-25-23(9-1)24-10-2-4-12-26(24)28(25)32-15-7-8-22(21-32)20-30-16-18-31(19-17-30)27-13-5-6-14-29-27/h1-6,9-14,22,28H,7-8,15-21H2. The molecule has 0 radical (unpaired) electrons. The summed E-state index contributed by atoms with van der Waals surface area (Å²) in [5, 5.41) is 0. The van der Waals surface area contributed by atoms with E-state index in [0.717, 1.165) is 37.9 Å². The number of rotatable bonds is 4. The van der Waals surface area contributed by atoms with Gasteiger partial charge in [0.2, 0.25) is 0 Å². The topological polar surface area (TPSA) is 22.6 Å². The molecule has 4 nitrogen and oxygen atoms in total. The number of aromatic nitrogens is 1. The largest absolute Gasteiger partial charge is 0.354 e. The summed E-state index contributed by atoms with van der Waals surface area (Å²) in [6.45, 7) is 8.08. The first-order valence-corrected chi connectivity index (χ1v) is 12.2. The van der Waals surface area contributed by atoms with Gasteiger partial charge < -0.3 is 4.90 Å². The highest BCUT2D eigenvalue weighted by Crippen LogP contribution is 2.47. The fourth-order valence-electron chi connectivity index (χ4n) is 6.07. The quantitative estimate of drug-likeness (QED) is 0.606. The highest BCUT2D eigenvalue weighted by atomic mass is 15.3. The van der Waals surface area contributed by atoms with E-state index in [-0.39, 0.29) is 0 Å². The molecule has 6 rings (SSSR count). The van der Waals surface area contributed by atoms with Crippen LogP contribution in [0.3, 0.4) is 0 Å². The maximum atomic E-state index is 4.53. The lowest BCUT2D eigenvalue weighted by Crippen LogP contribution is -2.50. The van der Waals surface area contributed by atoms with Gasteiger partial charge in [-0.25, -0.2) is 4.98 Å². The van der Waals surface area contributed by atoms with Crippen molar-refractivity contribution in [3.63, 3.8) is 0 Å². The first kappa shape index (κ1) is 20.0. The molecule has 32 heavy (non-hydrogen) atoms. The molecule has 1 aliphatic carbocycles. The van der Waals surface area contributed by atoms with E-state index in [1.165, 1.54) is 54.7 Å². The molecule has 0 N–H and O–H groups in total. The summed E-state index contributed by atoms with van der Waals surface area (Å²) < 4.78 is 0. The fourth-order valence-corrected chi connectivity index (χ4v) is 6.07. The molecule has 0 bridgehead atoms. The van der Waals surface area contributed by atoms with Crippen LogP contribution in [0.5, 0.6) is 0 Å². The van der Waals surface area contributed by atoms with Gasteiger partial charge in [0.1, 0.15) is 5.82 Å². The number of fused-ring (bicyclic) bond motifs is 3. The van der Waals surface area contributed by atoms with Crippen molar-refractivity contribution >= 4 is 5.82 Å². The Hall–Kier alpha value is -2.69. The Morgan fingerprint density at radius 3 is 2.12 bits per heavy atom. The molecule has 2 fully saturated rings. The van der Waals surface area contributed by atoms with Crippen LogP contribution in [0, 0.1) is 5.92 Å². The van der Waals surface area contributed by atoms with Gasteiger partial charge in [-0.05, 0) is 59.7 Å². The lowest BCUT2D eigenvalue weighted by atomic mass is 9.93. The number of nitrogens with zero attached hydrogens (tertiary/aromatic N) is 4. The molecule has 0 spiro atoms. The molecule has 3 heterocycles. The van der Waals surface area contributed by atoms with E-state index < -0.39 is 0 Å². The van der Waals surface area contributed by atoms with E-state index in [1.54, 1.807) is 0 Å². The Kier molecular flexibility index (Phi) is 5.42. The normalized spacial score (nSPS) is 22.0. The molecule has 1 aromatic heterocycles. The molecule has 3 aliphatic rings. The van der Waals surface area contributed by atoms with Crippen LogP contribution in [0.25, 0.3) is 11.1 Å². The van der Waals surface area contributed by atoms with Crippen LogP contribution < -0.4 is 4.90 Å². The Labute approximate surface area is 191 Å². The van der Waals surface area contributed by atoms with Crippen LogP contribution >= 0.6 is 0 Å². The van der Waals surface area contributed by atoms with Gasteiger partial charge in [-0.3, -0.25) is 9.80 Å². The summed E-state index contributed by atoms with van der Waals surface area (Å²) in [6, 6.07) is 24.7. The maximum Gasteiger partial charge on any atom is 0.128 e. The molecule has 2 saturated heterocycles. The summed E-state index contributed by atoms with van der Waals surface area (Å²) in [6.07, 6.45) is 4.56. The maximum absolute atomic E-state index is 4.53. The van der Waals surface area contributed by atoms with E-state index in [2.05, 4.69) is 80.3 Å². The van der Waals surface area contributed by atoms with E-state index in [4.69, 9.17) is 0 Å². The molecule has 0 saturated carbocycles. The summed E-state index contributed by atoms with van der Waals surface area (Å²) in [7, 11) is 0. The average Bonchev–Trinajstić information content (AvgIpc) is 3.20. The van der Waals surface area contributed by atoms with Gasteiger partial charge in [0.25, 0.3) is 0 Å². The third kappa shape index (κ3) is 3.72. The minimum Gasteiger partial charge on any atom is -0.354 e. The van der Waals surface area contributed by atoms with E-state index in [1.807, 2.05) is 12.3 Å². The number of hydrogen-bond donors (Lipinski definition) is 0. The van der Waals surface area contributed by atoms with Crippen molar-refractivity contribution in [2.75, 3.05) is 50.7 Å². The van der Waals surface area contributed by atoms with Crippen LogP contribution in [-0.4, -0.2) is 60.6 Å². The fraction of sp³-hybridized carbons (Fsp3) is 0.393.